The van der Waals surface area contributed by atoms with Crippen LogP contribution in [0.2, 0.25) is 0 Å². The van der Waals surface area contributed by atoms with Crippen molar-refractivity contribution < 1.29 is 28.9 Å². The monoisotopic (exact) mass is 453 g/mol. The highest BCUT2D eigenvalue weighted by molar-refractivity contribution is 6.46. The lowest BCUT2D eigenvalue weighted by Crippen LogP contribution is -2.33. The van der Waals surface area contributed by atoms with E-state index in [0.29, 0.717) is 22.6 Å². The van der Waals surface area contributed by atoms with Crippen molar-refractivity contribution in [3.05, 3.63) is 65.2 Å². The summed E-state index contributed by atoms with van der Waals surface area (Å²) in [6.45, 7) is 8.10. The van der Waals surface area contributed by atoms with E-state index in [1.165, 1.54) is 4.90 Å². The number of aliphatic hydroxyl groups excluding tert-OH is 1. The number of ketones is 1. The molecule has 0 aliphatic carbocycles. The third-order valence-electron chi connectivity index (χ3n) is 5.23. The molecular weight excluding hydrogens is 422 g/mol. The first-order valence-corrected chi connectivity index (χ1v) is 11.0. The van der Waals surface area contributed by atoms with E-state index in [2.05, 4.69) is 0 Å². The Bertz CT molecular complexity index is 1030. The van der Waals surface area contributed by atoms with Crippen LogP contribution in [0.5, 0.6) is 11.5 Å². The molecule has 0 aromatic heterocycles. The topological polar surface area (TPSA) is 85.3 Å². The highest BCUT2D eigenvalue weighted by Gasteiger charge is 2.45. The molecule has 1 aliphatic heterocycles. The fourth-order valence-corrected chi connectivity index (χ4v) is 3.77. The summed E-state index contributed by atoms with van der Waals surface area (Å²) < 4.78 is 16.6. The molecule has 1 heterocycles. The van der Waals surface area contributed by atoms with Crippen molar-refractivity contribution in [2.75, 3.05) is 20.3 Å². The van der Waals surface area contributed by atoms with Crippen LogP contribution in [0.4, 0.5) is 0 Å². The summed E-state index contributed by atoms with van der Waals surface area (Å²) in [4.78, 5) is 27.5. The van der Waals surface area contributed by atoms with E-state index in [9.17, 15) is 14.7 Å². The highest BCUT2D eigenvalue weighted by atomic mass is 16.5. The Morgan fingerprint density at radius 2 is 1.70 bits per heavy atom. The van der Waals surface area contributed by atoms with Crippen LogP contribution in [0.15, 0.2) is 54.1 Å². The molecule has 1 fully saturated rings. The summed E-state index contributed by atoms with van der Waals surface area (Å²) >= 11 is 0. The Morgan fingerprint density at radius 1 is 1.00 bits per heavy atom. The van der Waals surface area contributed by atoms with Crippen LogP contribution in [0.1, 0.15) is 44.9 Å². The third kappa shape index (κ3) is 5.54. The van der Waals surface area contributed by atoms with Crippen LogP contribution in [0, 0.1) is 0 Å². The standard InChI is InChI=1S/C26H31NO6/c1-16(2)32-14-13-27-23(18-9-11-20(31-5)12-10-18)22(25(29)26(27)30)24(28)19-7-6-8-21(15-19)33-17(3)4/h6-12,15-17,23,28H,13-14H2,1-5H3/b24-22-. The van der Waals surface area contributed by atoms with Crippen molar-refractivity contribution in [1.82, 2.24) is 4.90 Å². The molecule has 2 aromatic carbocycles. The summed E-state index contributed by atoms with van der Waals surface area (Å²) in [5.74, 6) is -0.421. The van der Waals surface area contributed by atoms with Crippen molar-refractivity contribution in [2.24, 2.45) is 0 Å². The maximum atomic E-state index is 13.1. The quantitative estimate of drug-likeness (QED) is 0.346. The molecule has 3 rings (SSSR count). The molecule has 1 amide bonds. The molecule has 0 bridgehead atoms. The van der Waals surface area contributed by atoms with Gasteiger partial charge in [-0.05, 0) is 57.5 Å². The molecule has 7 heteroatoms. The van der Waals surface area contributed by atoms with E-state index in [0.717, 1.165) is 0 Å². The Balaban J connectivity index is 2.07. The van der Waals surface area contributed by atoms with Gasteiger partial charge < -0.3 is 24.2 Å². The molecule has 0 radical (unpaired) electrons. The minimum atomic E-state index is -0.749. The van der Waals surface area contributed by atoms with Crippen LogP contribution < -0.4 is 9.47 Å². The van der Waals surface area contributed by atoms with Crippen molar-refractivity contribution in [2.45, 2.75) is 45.9 Å². The van der Waals surface area contributed by atoms with Gasteiger partial charge in [0.15, 0.2) is 0 Å². The average molecular weight is 454 g/mol. The van der Waals surface area contributed by atoms with Gasteiger partial charge in [0.1, 0.15) is 17.3 Å². The molecule has 176 valence electrons. The zero-order valence-electron chi connectivity index (χ0n) is 19.7. The van der Waals surface area contributed by atoms with Crippen molar-refractivity contribution in [3.8, 4) is 11.5 Å². The number of benzene rings is 2. The Hall–Kier alpha value is -3.32. The number of ether oxygens (including phenoxy) is 3. The molecular formula is C26H31NO6. The minimum Gasteiger partial charge on any atom is -0.507 e. The molecule has 1 saturated heterocycles. The number of Topliss-reactive ketones (excluding diaryl/α,β-unsaturated/α-hetero) is 1. The average Bonchev–Trinajstić information content (AvgIpc) is 3.03. The number of likely N-dealkylation sites (tertiary alicyclic amines) is 1. The molecule has 0 saturated carbocycles. The summed E-state index contributed by atoms with van der Waals surface area (Å²) in [7, 11) is 1.57. The molecule has 1 aliphatic rings. The van der Waals surface area contributed by atoms with Gasteiger partial charge in [-0.1, -0.05) is 24.3 Å². The van der Waals surface area contributed by atoms with E-state index in [1.54, 1.807) is 55.6 Å². The van der Waals surface area contributed by atoms with Gasteiger partial charge in [0.25, 0.3) is 11.7 Å². The number of nitrogens with zero attached hydrogens (tertiary/aromatic N) is 1. The molecule has 7 nitrogen and oxygen atoms in total. The number of carbonyl (C=O) groups is 2. The molecule has 33 heavy (non-hydrogen) atoms. The lowest BCUT2D eigenvalue weighted by molar-refractivity contribution is -0.140. The lowest BCUT2D eigenvalue weighted by atomic mass is 9.95. The third-order valence-corrected chi connectivity index (χ3v) is 5.23. The predicted molar refractivity (Wildman–Crippen MR) is 125 cm³/mol. The Kier molecular flexibility index (Phi) is 7.76. The molecule has 1 atom stereocenters. The summed E-state index contributed by atoms with van der Waals surface area (Å²) in [6, 6.07) is 13.2. The molecule has 1 unspecified atom stereocenters. The zero-order valence-corrected chi connectivity index (χ0v) is 19.7. The van der Waals surface area contributed by atoms with Crippen LogP contribution in [-0.4, -0.2) is 54.2 Å². The second-order valence-electron chi connectivity index (χ2n) is 8.38. The number of hydrogen-bond donors (Lipinski definition) is 1. The van der Waals surface area contributed by atoms with Gasteiger partial charge in [-0.2, -0.15) is 0 Å². The van der Waals surface area contributed by atoms with E-state index in [1.807, 2.05) is 27.7 Å². The van der Waals surface area contributed by atoms with Crippen LogP contribution in [0.3, 0.4) is 0 Å². The van der Waals surface area contributed by atoms with Gasteiger partial charge in [-0.3, -0.25) is 9.59 Å². The molecule has 0 spiro atoms. The lowest BCUT2D eigenvalue weighted by Gasteiger charge is -2.25. The van der Waals surface area contributed by atoms with Gasteiger partial charge in [0.05, 0.1) is 37.5 Å². The first-order chi connectivity index (χ1) is 15.7. The maximum Gasteiger partial charge on any atom is 0.295 e. The van der Waals surface area contributed by atoms with Gasteiger partial charge in [0, 0.05) is 12.1 Å². The first-order valence-electron chi connectivity index (χ1n) is 11.0. The van der Waals surface area contributed by atoms with Gasteiger partial charge in [-0.25, -0.2) is 0 Å². The minimum absolute atomic E-state index is 0.00930. The zero-order chi connectivity index (χ0) is 24.1. The van der Waals surface area contributed by atoms with E-state index < -0.39 is 17.7 Å². The van der Waals surface area contributed by atoms with Crippen molar-refractivity contribution in [1.29, 1.82) is 0 Å². The summed E-state index contributed by atoms with van der Waals surface area (Å²) in [5, 5.41) is 11.2. The number of hydrogen-bond acceptors (Lipinski definition) is 6. The normalized spacial score (nSPS) is 17.8. The SMILES string of the molecule is COc1ccc(C2/C(=C(/O)c3cccc(OC(C)C)c3)C(=O)C(=O)N2CCOC(C)C)cc1. The predicted octanol–water partition coefficient (Wildman–Crippen LogP) is 4.33. The largest absolute Gasteiger partial charge is 0.507 e. The number of carbonyl (C=O) groups excluding carboxylic acids is 2. The smallest absolute Gasteiger partial charge is 0.295 e. The van der Waals surface area contributed by atoms with E-state index >= 15 is 0 Å². The van der Waals surface area contributed by atoms with Gasteiger partial charge in [-0.15, -0.1) is 0 Å². The number of methoxy groups -OCH3 is 1. The van der Waals surface area contributed by atoms with Crippen molar-refractivity contribution >= 4 is 17.4 Å². The highest BCUT2D eigenvalue weighted by Crippen LogP contribution is 2.40. The van der Waals surface area contributed by atoms with Crippen molar-refractivity contribution in [3.63, 3.8) is 0 Å². The number of rotatable bonds is 9. The second-order valence-corrected chi connectivity index (χ2v) is 8.38. The van der Waals surface area contributed by atoms with Crippen LogP contribution >= 0.6 is 0 Å². The first kappa shape index (κ1) is 24.3. The van der Waals surface area contributed by atoms with E-state index in [4.69, 9.17) is 14.2 Å². The summed E-state index contributed by atoms with van der Waals surface area (Å²) in [5.41, 5.74) is 1.13. The molecule has 2 aromatic rings. The van der Waals surface area contributed by atoms with Gasteiger partial charge >= 0.3 is 0 Å². The summed E-state index contributed by atoms with van der Waals surface area (Å²) in [6.07, 6.45) is -0.0572. The Morgan fingerprint density at radius 3 is 2.30 bits per heavy atom. The fraction of sp³-hybridized carbons (Fsp3) is 0.385. The van der Waals surface area contributed by atoms with Crippen LogP contribution in [-0.2, 0) is 14.3 Å². The molecule has 1 N–H and O–H groups in total. The van der Waals surface area contributed by atoms with E-state index in [-0.39, 0.29) is 36.7 Å². The Labute approximate surface area is 194 Å². The maximum absolute atomic E-state index is 13.1. The second kappa shape index (κ2) is 10.5. The van der Waals surface area contributed by atoms with Gasteiger partial charge in [0.2, 0.25) is 0 Å². The number of amides is 1. The number of aliphatic hydroxyl groups is 1. The fourth-order valence-electron chi connectivity index (χ4n) is 3.77. The van der Waals surface area contributed by atoms with Crippen LogP contribution in [0.25, 0.3) is 5.76 Å².